The Hall–Kier alpha value is -1.53. The van der Waals surface area contributed by atoms with Crippen LogP contribution < -0.4 is 15.4 Å². The topological polar surface area (TPSA) is 65.9 Å². The molecule has 0 fully saturated rings. The van der Waals surface area contributed by atoms with E-state index in [1.54, 1.807) is 19.1 Å². The van der Waals surface area contributed by atoms with Gasteiger partial charge in [-0.05, 0) is 43.0 Å². The highest BCUT2D eigenvalue weighted by molar-refractivity contribution is 14.0. The maximum absolute atomic E-state index is 12.2. The molecule has 0 aliphatic carbocycles. The van der Waals surface area contributed by atoms with E-state index in [-0.39, 0.29) is 36.3 Å². The maximum atomic E-state index is 12.2. The number of nitrogens with one attached hydrogen (secondary N) is 2. The van der Waals surface area contributed by atoms with Crippen LogP contribution in [0.25, 0.3) is 0 Å². The summed E-state index contributed by atoms with van der Waals surface area (Å²) in [6.45, 7) is 3.61. The second-order valence-corrected chi connectivity index (χ2v) is 7.30. The van der Waals surface area contributed by atoms with Crippen LogP contribution in [0.4, 0.5) is 13.2 Å². The summed E-state index contributed by atoms with van der Waals surface area (Å²) in [5, 5.41) is 18.7. The van der Waals surface area contributed by atoms with Gasteiger partial charge in [0, 0.05) is 11.4 Å². The lowest BCUT2D eigenvalue weighted by Gasteiger charge is -2.23. The van der Waals surface area contributed by atoms with E-state index in [9.17, 15) is 18.3 Å². The van der Waals surface area contributed by atoms with E-state index in [0.717, 1.165) is 10.4 Å². The molecule has 1 unspecified atom stereocenters. The molecule has 0 aliphatic heterocycles. The fourth-order valence-corrected chi connectivity index (χ4v) is 3.08. The molecule has 0 amide bonds. The molecule has 1 aromatic carbocycles. The molecule has 0 saturated heterocycles. The molecule has 0 aliphatic rings. The number of guanidine groups is 1. The van der Waals surface area contributed by atoms with Gasteiger partial charge in [-0.25, -0.2) is 4.99 Å². The van der Waals surface area contributed by atoms with Crippen molar-refractivity contribution >= 4 is 41.3 Å². The van der Waals surface area contributed by atoms with Gasteiger partial charge in [-0.2, -0.15) is 13.2 Å². The lowest BCUT2D eigenvalue weighted by atomic mass is 10.1. The molecule has 0 saturated carbocycles. The summed E-state index contributed by atoms with van der Waals surface area (Å²) in [4.78, 5) is 5.30. The van der Waals surface area contributed by atoms with Gasteiger partial charge in [0.2, 0.25) is 0 Å². The normalized spacial score (nSPS) is 13.9. The van der Waals surface area contributed by atoms with E-state index in [4.69, 9.17) is 0 Å². The van der Waals surface area contributed by atoms with Crippen molar-refractivity contribution in [3.63, 3.8) is 0 Å². The van der Waals surface area contributed by atoms with Crippen molar-refractivity contribution in [1.29, 1.82) is 0 Å². The number of benzene rings is 1. The van der Waals surface area contributed by atoms with Crippen LogP contribution in [0.2, 0.25) is 0 Å². The molecule has 162 valence electrons. The highest BCUT2D eigenvalue weighted by Crippen LogP contribution is 2.24. The number of thiophene rings is 1. The zero-order valence-corrected chi connectivity index (χ0v) is 19.3. The van der Waals surface area contributed by atoms with Gasteiger partial charge in [0.25, 0.3) is 0 Å². The number of aliphatic hydroxyl groups is 1. The Balaban J connectivity index is 0.00000420. The van der Waals surface area contributed by atoms with Crippen molar-refractivity contribution in [2.24, 2.45) is 4.99 Å². The summed E-state index contributed by atoms with van der Waals surface area (Å²) in [7, 11) is 0. The molecule has 1 heterocycles. The quantitative estimate of drug-likeness (QED) is 0.265. The Morgan fingerprint density at radius 3 is 2.41 bits per heavy atom. The molecule has 1 atom stereocenters. The summed E-state index contributed by atoms with van der Waals surface area (Å²) in [6, 6.07) is 10.1. The van der Waals surface area contributed by atoms with Crippen LogP contribution in [0.5, 0.6) is 5.75 Å². The van der Waals surface area contributed by atoms with Crippen LogP contribution in [-0.2, 0) is 12.1 Å². The molecule has 5 nitrogen and oxygen atoms in total. The summed E-state index contributed by atoms with van der Waals surface area (Å²) in [6.07, 6.45) is -4.36. The minimum absolute atomic E-state index is 0. The maximum Gasteiger partial charge on any atom is 0.422 e. The van der Waals surface area contributed by atoms with Gasteiger partial charge in [-0.15, -0.1) is 35.3 Å². The Bertz CT molecular complexity index is 751. The molecular weight excluding hydrogens is 518 g/mol. The SMILES string of the molecule is CCNC(=NCc1ccc(OCC(F)(F)F)cc1)NCC(C)(O)c1cccs1.I. The van der Waals surface area contributed by atoms with Crippen molar-refractivity contribution < 1.29 is 23.0 Å². The fourth-order valence-electron chi connectivity index (χ4n) is 2.30. The average Bonchev–Trinajstić information content (AvgIpc) is 3.18. The van der Waals surface area contributed by atoms with Gasteiger partial charge >= 0.3 is 6.18 Å². The van der Waals surface area contributed by atoms with Crippen molar-refractivity contribution in [3.05, 3.63) is 52.2 Å². The van der Waals surface area contributed by atoms with Crippen molar-refractivity contribution in [1.82, 2.24) is 10.6 Å². The number of aliphatic imine (C=N–C) groups is 1. The first-order valence-electron chi connectivity index (χ1n) is 8.76. The first kappa shape index (κ1) is 25.5. The molecule has 29 heavy (non-hydrogen) atoms. The first-order valence-corrected chi connectivity index (χ1v) is 9.64. The second-order valence-electron chi connectivity index (χ2n) is 6.35. The predicted molar refractivity (Wildman–Crippen MR) is 120 cm³/mol. The zero-order valence-electron chi connectivity index (χ0n) is 16.1. The summed E-state index contributed by atoms with van der Waals surface area (Å²) in [5.74, 6) is 0.693. The van der Waals surface area contributed by atoms with Gasteiger partial charge in [-0.3, -0.25) is 0 Å². The molecule has 3 N–H and O–H groups in total. The zero-order chi connectivity index (χ0) is 20.6. The largest absolute Gasteiger partial charge is 0.484 e. The monoisotopic (exact) mass is 543 g/mol. The first-order chi connectivity index (χ1) is 13.2. The van der Waals surface area contributed by atoms with Gasteiger partial charge < -0.3 is 20.5 Å². The minimum atomic E-state index is -4.36. The molecule has 2 rings (SSSR count). The number of alkyl halides is 3. The summed E-state index contributed by atoms with van der Waals surface area (Å²) in [5.41, 5.74) is -0.205. The highest BCUT2D eigenvalue weighted by Gasteiger charge is 2.28. The number of ether oxygens (including phenoxy) is 1. The van der Waals surface area contributed by atoms with Gasteiger partial charge in [0.05, 0.1) is 13.1 Å². The molecule has 2 aromatic rings. The smallest absolute Gasteiger partial charge is 0.422 e. The predicted octanol–water partition coefficient (Wildman–Crippen LogP) is 4.27. The lowest BCUT2D eigenvalue weighted by Crippen LogP contribution is -2.44. The van der Waals surface area contributed by atoms with Crippen LogP contribution >= 0.6 is 35.3 Å². The van der Waals surface area contributed by atoms with E-state index in [1.165, 1.54) is 23.5 Å². The van der Waals surface area contributed by atoms with Crippen LogP contribution in [0, 0.1) is 0 Å². The Labute approximate surface area is 189 Å². The van der Waals surface area contributed by atoms with Crippen LogP contribution in [0.15, 0.2) is 46.8 Å². The van der Waals surface area contributed by atoms with Crippen molar-refractivity contribution in [2.75, 3.05) is 19.7 Å². The summed E-state index contributed by atoms with van der Waals surface area (Å²) < 4.78 is 41.2. The standard InChI is InChI=1S/C19H24F3N3O2S.HI/c1-3-23-17(25-12-18(2,26)16-5-4-10-28-16)24-11-14-6-8-15(9-7-14)27-13-19(20,21)22;/h4-10,26H,3,11-13H2,1-2H3,(H2,23,24,25);1H. The van der Waals surface area contributed by atoms with Crippen LogP contribution in [0.3, 0.4) is 0 Å². The van der Waals surface area contributed by atoms with Crippen LogP contribution in [0.1, 0.15) is 24.3 Å². The summed E-state index contributed by atoms with van der Waals surface area (Å²) >= 11 is 1.48. The number of hydrogen-bond donors (Lipinski definition) is 3. The third-order valence-corrected chi connectivity index (χ3v) is 4.86. The second kappa shape index (κ2) is 11.6. The Morgan fingerprint density at radius 1 is 1.17 bits per heavy atom. The Kier molecular flexibility index (Phi) is 10.2. The van der Waals surface area contributed by atoms with Crippen molar-refractivity contribution in [2.45, 2.75) is 32.2 Å². The minimum Gasteiger partial charge on any atom is -0.484 e. The third-order valence-electron chi connectivity index (χ3n) is 3.74. The van der Waals surface area contributed by atoms with Crippen LogP contribution in [-0.4, -0.2) is 36.9 Å². The van der Waals surface area contributed by atoms with Gasteiger partial charge in [-0.1, -0.05) is 18.2 Å². The molecule has 0 spiro atoms. The van der Waals surface area contributed by atoms with Gasteiger partial charge in [0.15, 0.2) is 12.6 Å². The lowest BCUT2D eigenvalue weighted by molar-refractivity contribution is -0.153. The van der Waals surface area contributed by atoms with Gasteiger partial charge in [0.1, 0.15) is 11.4 Å². The molecule has 0 radical (unpaired) electrons. The fraction of sp³-hybridized carbons (Fsp3) is 0.421. The number of hydrogen-bond acceptors (Lipinski definition) is 4. The van der Waals surface area contributed by atoms with E-state index >= 15 is 0 Å². The number of nitrogens with zero attached hydrogens (tertiary/aromatic N) is 1. The van der Waals surface area contributed by atoms with E-state index in [1.807, 2.05) is 24.4 Å². The third kappa shape index (κ3) is 9.22. The van der Waals surface area contributed by atoms with E-state index in [0.29, 0.717) is 19.0 Å². The van der Waals surface area contributed by atoms with Crippen molar-refractivity contribution in [3.8, 4) is 5.75 Å². The molecule has 10 heteroatoms. The molecule has 0 bridgehead atoms. The van der Waals surface area contributed by atoms with E-state index < -0.39 is 18.4 Å². The Morgan fingerprint density at radius 2 is 1.86 bits per heavy atom. The molecular formula is C19H25F3IN3O2S. The molecule has 1 aromatic heterocycles. The number of halogens is 4. The number of rotatable bonds is 8. The van der Waals surface area contributed by atoms with E-state index in [2.05, 4.69) is 20.4 Å². The average molecular weight is 543 g/mol. The highest BCUT2D eigenvalue weighted by atomic mass is 127.